The molecular weight excluding hydrogens is 402 g/mol. The van der Waals surface area contributed by atoms with Gasteiger partial charge < -0.3 is 14.6 Å². The Kier molecular flexibility index (Phi) is 7.25. The van der Waals surface area contributed by atoms with Crippen LogP contribution in [0.1, 0.15) is 16.7 Å². The summed E-state index contributed by atoms with van der Waals surface area (Å²) in [5.74, 6) is 2.04. The molecule has 7 heteroatoms. The van der Waals surface area contributed by atoms with E-state index in [1.165, 1.54) is 12.4 Å². The van der Waals surface area contributed by atoms with Gasteiger partial charge >= 0.3 is 0 Å². The van der Waals surface area contributed by atoms with Crippen LogP contribution < -0.4 is 21.0 Å². The van der Waals surface area contributed by atoms with Crippen LogP contribution in [0.15, 0.2) is 90.3 Å². The molecule has 0 saturated heterocycles. The van der Waals surface area contributed by atoms with Crippen molar-refractivity contribution in [2.75, 3.05) is 10.8 Å². The maximum Gasteiger partial charge on any atom is 0.137 e. The number of benzene rings is 2. The molecule has 7 nitrogen and oxygen atoms in total. The Balaban J connectivity index is 1.87. The molecule has 3 N–H and O–H groups in total. The lowest BCUT2D eigenvalue weighted by molar-refractivity contribution is 0.389. The van der Waals surface area contributed by atoms with E-state index in [1.54, 1.807) is 6.07 Å². The summed E-state index contributed by atoms with van der Waals surface area (Å²) in [4.78, 5) is 8.63. The SMILES string of the molecule is C=CN=C(Nc1ccc(Oc2ccn(C)c(=NC=C)c2)c(C)c1)c1cc(NO)ccc1C. The highest BCUT2D eigenvalue weighted by molar-refractivity contribution is 6.10. The van der Waals surface area contributed by atoms with Crippen LogP contribution >= 0.6 is 0 Å². The number of nitrogens with one attached hydrogen (secondary N) is 2. The van der Waals surface area contributed by atoms with Crippen molar-refractivity contribution in [3.8, 4) is 11.5 Å². The number of rotatable bonds is 7. The Bertz CT molecular complexity index is 1240. The topological polar surface area (TPSA) is 83.2 Å². The molecule has 0 bridgehead atoms. The summed E-state index contributed by atoms with van der Waals surface area (Å²) in [6.45, 7) is 11.3. The molecule has 0 spiro atoms. The first-order valence-corrected chi connectivity index (χ1v) is 10.0. The molecule has 1 aromatic heterocycles. The number of pyridine rings is 1. The molecule has 0 radical (unpaired) electrons. The van der Waals surface area contributed by atoms with Gasteiger partial charge in [-0.05, 0) is 61.4 Å². The maximum absolute atomic E-state index is 9.25. The molecule has 0 amide bonds. The molecule has 0 unspecified atom stereocenters. The molecule has 0 aliphatic heterocycles. The minimum Gasteiger partial charge on any atom is -0.457 e. The van der Waals surface area contributed by atoms with Gasteiger partial charge in [-0.3, -0.25) is 10.7 Å². The van der Waals surface area contributed by atoms with Crippen molar-refractivity contribution < 1.29 is 9.94 Å². The van der Waals surface area contributed by atoms with Gasteiger partial charge in [-0.1, -0.05) is 19.2 Å². The standard InChI is InChI=1S/C25H27N5O2/c1-6-26-24-16-21(12-13-30(24)5)32-23-11-10-19(14-18(23)4)28-25(27-7-2)22-15-20(29-31)9-8-17(22)3/h6-16,29,31H,1-2H2,3-5H3,(H,27,28). The Morgan fingerprint density at radius 1 is 1.00 bits per heavy atom. The second-order valence-corrected chi connectivity index (χ2v) is 7.15. The summed E-state index contributed by atoms with van der Waals surface area (Å²) in [7, 11) is 1.91. The van der Waals surface area contributed by atoms with Crippen molar-refractivity contribution in [3.63, 3.8) is 0 Å². The number of ether oxygens (including phenoxy) is 1. The second kappa shape index (κ2) is 10.3. The number of aliphatic imine (C=N–C) groups is 1. The summed E-state index contributed by atoms with van der Waals surface area (Å²) in [5, 5.41) is 12.6. The van der Waals surface area contributed by atoms with E-state index >= 15 is 0 Å². The molecule has 0 aliphatic rings. The molecule has 32 heavy (non-hydrogen) atoms. The van der Waals surface area contributed by atoms with Gasteiger partial charge in [0.2, 0.25) is 0 Å². The van der Waals surface area contributed by atoms with E-state index in [9.17, 15) is 5.21 Å². The van der Waals surface area contributed by atoms with Crippen molar-refractivity contribution in [1.29, 1.82) is 0 Å². The predicted molar refractivity (Wildman–Crippen MR) is 129 cm³/mol. The fraction of sp³-hybridized carbons (Fsp3) is 0.120. The summed E-state index contributed by atoms with van der Waals surface area (Å²) in [6.07, 6.45) is 4.87. The highest BCUT2D eigenvalue weighted by Gasteiger charge is 2.10. The van der Waals surface area contributed by atoms with E-state index in [0.717, 1.165) is 33.6 Å². The fourth-order valence-electron chi connectivity index (χ4n) is 3.14. The van der Waals surface area contributed by atoms with Crippen LogP contribution in [0.4, 0.5) is 11.4 Å². The van der Waals surface area contributed by atoms with E-state index in [0.29, 0.717) is 17.3 Å². The summed E-state index contributed by atoms with van der Waals surface area (Å²) < 4.78 is 7.96. The Hall–Kier alpha value is -4.10. The largest absolute Gasteiger partial charge is 0.457 e. The van der Waals surface area contributed by atoms with Crippen LogP contribution in [0.3, 0.4) is 0 Å². The third-order valence-corrected chi connectivity index (χ3v) is 4.83. The van der Waals surface area contributed by atoms with Gasteiger partial charge in [-0.15, -0.1) is 0 Å². The normalized spacial score (nSPS) is 11.8. The molecule has 0 fully saturated rings. The highest BCUT2D eigenvalue weighted by Crippen LogP contribution is 2.27. The monoisotopic (exact) mass is 429 g/mol. The van der Waals surface area contributed by atoms with Crippen LogP contribution in [0, 0.1) is 13.8 Å². The molecule has 2 aromatic carbocycles. The molecule has 0 atom stereocenters. The van der Waals surface area contributed by atoms with Crippen LogP contribution in [-0.2, 0) is 7.05 Å². The van der Waals surface area contributed by atoms with Gasteiger partial charge in [0.05, 0.1) is 5.69 Å². The first-order valence-electron chi connectivity index (χ1n) is 10.0. The maximum atomic E-state index is 9.25. The van der Waals surface area contributed by atoms with Gasteiger partial charge in [0, 0.05) is 43.0 Å². The first-order chi connectivity index (χ1) is 15.4. The fourth-order valence-corrected chi connectivity index (χ4v) is 3.14. The second-order valence-electron chi connectivity index (χ2n) is 7.15. The van der Waals surface area contributed by atoms with Gasteiger partial charge in [0.15, 0.2) is 0 Å². The smallest absolute Gasteiger partial charge is 0.137 e. The lowest BCUT2D eigenvalue weighted by Crippen LogP contribution is -2.16. The minimum absolute atomic E-state index is 0.572. The third-order valence-electron chi connectivity index (χ3n) is 4.83. The summed E-state index contributed by atoms with van der Waals surface area (Å²) >= 11 is 0. The molecule has 0 aliphatic carbocycles. The van der Waals surface area contributed by atoms with Crippen LogP contribution in [0.2, 0.25) is 0 Å². The number of hydrogen-bond donors (Lipinski definition) is 3. The third kappa shape index (κ3) is 5.33. The summed E-state index contributed by atoms with van der Waals surface area (Å²) in [6, 6.07) is 15.1. The Morgan fingerprint density at radius 2 is 1.78 bits per heavy atom. The predicted octanol–water partition coefficient (Wildman–Crippen LogP) is 5.28. The summed E-state index contributed by atoms with van der Waals surface area (Å²) in [5.41, 5.74) is 7.14. The van der Waals surface area contributed by atoms with E-state index in [-0.39, 0.29) is 0 Å². The molecule has 3 aromatic rings. The lowest BCUT2D eigenvalue weighted by Gasteiger charge is -2.15. The van der Waals surface area contributed by atoms with Crippen molar-refractivity contribution in [3.05, 3.63) is 102 Å². The highest BCUT2D eigenvalue weighted by atomic mass is 16.5. The van der Waals surface area contributed by atoms with Gasteiger partial charge in [0.1, 0.15) is 22.8 Å². The lowest BCUT2D eigenvalue weighted by atomic mass is 10.1. The quantitative estimate of drug-likeness (QED) is 0.271. The number of anilines is 2. The van der Waals surface area contributed by atoms with Crippen LogP contribution in [0.25, 0.3) is 0 Å². The van der Waals surface area contributed by atoms with Gasteiger partial charge in [-0.25, -0.2) is 9.98 Å². The van der Waals surface area contributed by atoms with Gasteiger partial charge in [0.25, 0.3) is 0 Å². The average molecular weight is 430 g/mol. The number of aryl methyl sites for hydroxylation is 3. The Morgan fingerprint density at radius 3 is 2.47 bits per heavy atom. The van der Waals surface area contributed by atoms with Crippen molar-refractivity contribution in [2.45, 2.75) is 13.8 Å². The van der Waals surface area contributed by atoms with E-state index in [2.05, 4.69) is 33.9 Å². The van der Waals surface area contributed by atoms with Crippen molar-refractivity contribution >= 4 is 17.2 Å². The van der Waals surface area contributed by atoms with Crippen LogP contribution in [0.5, 0.6) is 11.5 Å². The zero-order chi connectivity index (χ0) is 23.1. The number of hydrogen-bond acceptors (Lipinski definition) is 5. The van der Waals surface area contributed by atoms with E-state index in [4.69, 9.17) is 4.74 Å². The Labute approximate surface area is 187 Å². The minimum atomic E-state index is 0.572. The number of nitrogens with zero attached hydrogens (tertiary/aromatic N) is 3. The molecule has 3 rings (SSSR count). The molecular formula is C25H27N5O2. The number of aromatic nitrogens is 1. The molecule has 1 heterocycles. The molecule has 0 saturated carbocycles. The van der Waals surface area contributed by atoms with Crippen molar-refractivity contribution in [2.24, 2.45) is 17.0 Å². The molecule has 164 valence electrons. The average Bonchev–Trinajstić information content (AvgIpc) is 2.78. The number of amidine groups is 1. The van der Waals surface area contributed by atoms with Crippen LogP contribution in [-0.4, -0.2) is 15.6 Å². The first kappa shape index (κ1) is 22.6. The van der Waals surface area contributed by atoms with Gasteiger partial charge in [-0.2, -0.15) is 0 Å². The van der Waals surface area contributed by atoms with Crippen molar-refractivity contribution in [1.82, 2.24) is 4.57 Å². The van der Waals surface area contributed by atoms with E-state index in [1.807, 2.05) is 74.1 Å². The zero-order valence-corrected chi connectivity index (χ0v) is 18.5. The zero-order valence-electron chi connectivity index (χ0n) is 18.5. The van der Waals surface area contributed by atoms with E-state index < -0.39 is 0 Å².